The minimum atomic E-state index is -0.351. The summed E-state index contributed by atoms with van der Waals surface area (Å²) in [5.41, 5.74) is 0.264. The molecule has 0 aromatic heterocycles. The second-order valence-corrected chi connectivity index (χ2v) is 3.59. The Hall–Kier alpha value is -1.75. The Kier molecular flexibility index (Phi) is 4.13. The van der Waals surface area contributed by atoms with E-state index in [4.69, 9.17) is 10.2 Å². The third-order valence-electron chi connectivity index (χ3n) is 2.18. The van der Waals surface area contributed by atoms with E-state index in [0.717, 1.165) is 0 Å². The predicted octanol–water partition coefficient (Wildman–Crippen LogP) is 0.599. The zero-order valence-electron chi connectivity index (χ0n) is 8.97. The highest BCUT2D eigenvalue weighted by Crippen LogP contribution is 2.24. The number of hydrogen-bond acceptors (Lipinski definition) is 4. The van der Waals surface area contributed by atoms with Crippen molar-refractivity contribution in [2.24, 2.45) is 0 Å². The summed E-state index contributed by atoms with van der Waals surface area (Å²) in [6, 6.07) is 3.71. The van der Waals surface area contributed by atoms with E-state index >= 15 is 0 Å². The van der Waals surface area contributed by atoms with Crippen molar-refractivity contribution < 1.29 is 20.1 Å². The van der Waals surface area contributed by atoms with Crippen LogP contribution in [0.5, 0.6) is 11.5 Å². The molecule has 0 saturated carbocycles. The van der Waals surface area contributed by atoms with Crippen molar-refractivity contribution in [2.45, 2.75) is 19.4 Å². The minimum absolute atomic E-state index is 0.00226. The van der Waals surface area contributed by atoms with Gasteiger partial charge < -0.3 is 20.6 Å². The zero-order valence-corrected chi connectivity index (χ0v) is 8.97. The van der Waals surface area contributed by atoms with Gasteiger partial charge in [0.15, 0.2) is 11.5 Å². The molecule has 0 saturated heterocycles. The Morgan fingerprint density at radius 1 is 1.38 bits per heavy atom. The lowest BCUT2D eigenvalue weighted by Crippen LogP contribution is -2.33. The van der Waals surface area contributed by atoms with E-state index in [1.807, 2.05) is 0 Å². The maximum absolute atomic E-state index is 11.6. The monoisotopic (exact) mass is 225 g/mol. The first-order chi connectivity index (χ1) is 7.54. The summed E-state index contributed by atoms with van der Waals surface area (Å²) < 4.78 is 0. The Bertz CT molecular complexity index is 378. The lowest BCUT2D eigenvalue weighted by molar-refractivity contribution is 0.0934. The van der Waals surface area contributed by atoms with Crippen LogP contribution in [0.2, 0.25) is 0 Å². The molecule has 16 heavy (non-hydrogen) atoms. The number of aliphatic hydroxyl groups excluding tert-OH is 1. The molecule has 0 spiro atoms. The van der Waals surface area contributed by atoms with Crippen molar-refractivity contribution in [3.63, 3.8) is 0 Å². The molecule has 0 radical (unpaired) electrons. The van der Waals surface area contributed by atoms with Crippen LogP contribution in [0, 0.1) is 0 Å². The van der Waals surface area contributed by atoms with E-state index in [2.05, 4.69) is 5.32 Å². The van der Waals surface area contributed by atoms with E-state index in [-0.39, 0.29) is 35.6 Å². The molecule has 88 valence electrons. The quantitative estimate of drug-likeness (QED) is 0.565. The summed E-state index contributed by atoms with van der Waals surface area (Å²) in [6.07, 6.45) is 0.468. The predicted molar refractivity (Wildman–Crippen MR) is 58.4 cm³/mol. The van der Waals surface area contributed by atoms with Crippen molar-refractivity contribution in [3.05, 3.63) is 23.8 Å². The number of nitrogens with one attached hydrogen (secondary N) is 1. The molecule has 5 heteroatoms. The van der Waals surface area contributed by atoms with Gasteiger partial charge in [0.05, 0.1) is 0 Å². The number of aromatic hydroxyl groups is 2. The highest BCUT2D eigenvalue weighted by Gasteiger charge is 2.11. The largest absolute Gasteiger partial charge is 0.504 e. The highest BCUT2D eigenvalue weighted by atomic mass is 16.3. The number of carbonyl (C=O) groups excluding carboxylic acids is 1. The van der Waals surface area contributed by atoms with E-state index in [1.165, 1.54) is 18.2 Å². The van der Waals surface area contributed by atoms with Crippen molar-refractivity contribution in [1.29, 1.82) is 0 Å². The third-order valence-corrected chi connectivity index (χ3v) is 2.18. The van der Waals surface area contributed by atoms with Gasteiger partial charge in [0, 0.05) is 18.2 Å². The molecular weight excluding hydrogens is 210 g/mol. The number of aliphatic hydroxyl groups is 1. The molecule has 1 aromatic carbocycles. The molecule has 0 fully saturated rings. The van der Waals surface area contributed by atoms with Crippen molar-refractivity contribution in [2.75, 3.05) is 6.61 Å². The second kappa shape index (κ2) is 5.37. The van der Waals surface area contributed by atoms with Gasteiger partial charge in [-0.25, -0.2) is 0 Å². The molecule has 0 bridgehead atoms. The van der Waals surface area contributed by atoms with Crippen LogP contribution in [-0.4, -0.2) is 33.9 Å². The molecule has 1 atom stereocenters. The van der Waals surface area contributed by atoms with E-state index in [1.54, 1.807) is 6.92 Å². The Balaban J connectivity index is 2.69. The van der Waals surface area contributed by atoms with Crippen LogP contribution < -0.4 is 5.32 Å². The number of phenols is 2. The molecule has 0 aliphatic rings. The average molecular weight is 225 g/mol. The first kappa shape index (κ1) is 12.3. The minimum Gasteiger partial charge on any atom is -0.504 e. The number of phenolic OH excluding ortho intramolecular Hbond substituents is 2. The molecule has 1 aromatic rings. The normalized spacial score (nSPS) is 12.1. The summed E-state index contributed by atoms with van der Waals surface area (Å²) in [7, 11) is 0. The van der Waals surface area contributed by atoms with Gasteiger partial charge in [-0.3, -0.25) is 4.79 Å². The molecule has 4 N–H and O–H groups in total. The Labute approximate surface area is 93.4 Å². The fourth-order valence-electron chi connectivity index (χ4n) is 1.24. The molecule has 0 aliphatic carbocycles. The summed E-state index contributed by atoms with van der Waals surface area (Å²) in [5, 5.41) is 29.6. The topological polar surface area (TPSA) is 89.8 Å². The van der Waals surface area contributed by atoms with Crippen LogP contribution >= 0.6 is 0 Å². The van der Waals surface area contributed by atoms with Crippen molar-refractivity contribution >= 4 is 5.91 Å². The molecule has 0 aliphatic heterocycles. The number of benzene rings is 1. The summed E-state index contributed by atoms with van der Waals surface area (Å²) in [6.45, 7) is 1.77. The molecule has 1 amide bonds. The Morgan fingerprint density at radius 2 is 2.06 bits per heavy atom. The van der Waals surface area contributed by atoms with E-state index in [9.17, 15) is 9.90 Å². The third kappa shape index (κ3) is 3.13. The fourth-order valence-corrected chi connectivity index (χ4v) is 1.24. The summed E-state index contributed by atoms with van der Waals surface area (Å²) >= 11 is 0. The lowest BCUT2D eigenvalue weighted by atomic mass is 10.1. The number of carbonyl (C=O) groups is 1. The van der Waals surface area contributed by atoms with Gasteiger partial charge in [-0.2, -0.15) is 0 Å². The average Bonchev–Trinajstić information content (AvgIpc) is 2.22. The van der Waals surface area contributed by atoms with Gasteiger partial charge in [-0.05, 0) is 31.5 Å². The smallest absolute Gasteiger partial charge is 0.251 e. The molecule has 1 rings (SSSR count). The van der Waals surface area contributed by atoms with Crippen molar-refractivity contribution in [3.8, 4) is 11.5 Å². The van der Waals surface area contributed by atoms with Gasteiger partial charge >= 0.3 is 0 Å². The van der Waals surface area contributed by atoms with Gasteiger partial charge in [-0.15, -0.1) is 0 Å². The lowest BCUT2D eigenvalue weighted by Gasteiger charge is -2.12. The maximum Gasteiger partial charge on any atom is 0.251 e. The number of rotatable bonds is 4. The first-order valence-corrected chi connectivity index (χ1v) is 4.98. The fraction of sp³-hybridized carbons (Fsp3) is 0.364. The van der Waals surface area contributed by atoms with Crippen LogP contribution in [0.15, 0.2) is 18.2 Å². The SMILES string of the molecule is CC(CCO)NC(=O)c1ccc(O)c(O)c1. The van der Waals surface area contributed by atoms with Crippen molar-refractivity contribution in [1.82, 2.24) is 5.32 Å². The molecule has 5 nitrogen and oxygen atoms in total. The maximum atomic E-state index is 11.6. The number of hydrogen-bond donors (Lipinski definition) is 4. The van der Waals surface area contributed by atoms with Crippen LogP contribution in [0.1, 0.15) is 23.7 Å². The highest BCUT2D eigenvalue weighted by molar-refractivity contribution is 5.95. The second-order valence-electron chi connectivity index (χ2n) is 3.59. The Morgan fingerprint density at radius 3 is 2.62 bits per heavy atom. The van der Waals surface area contributed by atoms with Crippen LogP contribution in [-0.2, 0) is 0 Å². The standard InChI is InChI=1S/C11H15NO4/c1-7(4-5-13)12-11(16)8-2-3-9(14)10(15)6-8/h2-3,6-7,13-15H,4-5H2,1H3,(H,12,16). The first-order valence-electron chi connectivity index (χ1n) is 4.98. The van der Waals surface area contributed by atoms with Gasteiger partial charge in [-0.1, -0.05) is 0 Å². The van der Waals surface area contributed by atoms with Crippen LogP contribution in [0.4, 0.5) is 0 Å². The zero-order chi connectivity index (χ0) is 12.1. The van der Waals surface area contributed by atoms with E-state index in [0.29, 0.717) is 6.42 Å². The van der Waals surface area contributed by atoms with Gasteiger partial charge in [0.25, 0.3) is 5.91 Å². The van der Waals surface area contributed by atoms with Crippen LogP contribution in [0.25, 0.3) is 0 Å². The summed E-state index contributed by atoms with van der Waals surface area (Å²) in [5.74, 6) is -0.946. The van der Waals surface area contributed by atoms with Gasteiger partial charge in [0.2, 0.25) is 0 Å². The van der Waals surface area contributed by atoms with E-state index < -0.39 is 0 Å². The van der Waals surface area contributed by atoms with Crippen LogP contribution in [0.3, 0.4) is 0 Å². The van der Waals surface area contributed by atoms with Gasteiger partial charge in [0.1, 0.15) is 0 Å². The number of amides is 1. The molecular formula is C11H15NO4. The summed E-state index contributed by atoms with van der Waals surface area (Å²) in [4.78, 5) is 11.6. The molecule has 0 heterocycles. The molecule has 1 unspecified atom stereocenters.